The standard InChI is InChI=1S/C31H25OP/c1-5-13-25(14-6-1)31(26-15-7-2-8-16-26)27-21-23-28(24-22-27)32-33(29-17-9-3-10-18-29)30-19-11-4-12-20-30/h1-24,31H. The molecule has 0 N–H and O–H groups in total. The Morgan fingerprint density at radius 1 is 0.394 bits per heavy atom. The van der Waals surface area contributed by atoms with Crippen molar-refractivity contribution in [3.63, 3.8) is 0 Å². The lowest BCUT2D eigenvalue weighted by molar-refractivity contribution is 0.629. The summed E-state index contributed by atoms with van der Waals surface area (Å²) in [6.45, 7) is 0. The van der Waals surface area contributed by atoms with Crippen molar-refractivity contribution < 1.29 is 4.52 Å². The van der Waals surface area contributed by atoms with Crippen molar-refractivity contribution in [2.75, 3.05) is 0 Å². The molecule has 5 rings (SSSR count). The van der Waals surface area contributed by atoms with Gasteiger partial charge < -0.3 is 4.52 Å². The maximum absolute atomic E-state index is 6.60. The minimum Gasteiger partial charge on any atom is -0.464 e. The number of rotatable bonds is 7. The second kappa shape index (κ2) is 10.3. The molecule has 0 unspecified atom stereocenters. The van der Waals surface area contributed by atoms with E-state index >= 15 is 0 Å². The second-order valence-electron chi connectivity index (χ2n) is 7.88. The summed E-state index contributed by atoms with van der Waals surface area (Å²) in [6, 6.07) is 50.9. The van der Waals surface area contributed by atoms with Crippen molar-refractivity contribution in [2.24, 2.45) is 0 Å². The van der Waals surface area contributed by atoms with Crippen molar-refractivity contribution in [1.29, 1.82) is 0 Å². The highest BCUT2D eigenvalue weighted by atomic mass is 31.1. The Morgan fingerprint density at radius 3 is 1.18 bits per heavy atom. The first-order chi connectivity index (χ1) is 16.4. The molecule has 0 spiro atoms. The Morgan fingerprint density at radius 2 is 0.758 bits per heavy atom. The van der Waals surface area contributed by atoms with E-state index in [0.29, 0.717) is 0 Å². The fraction of sp³-hybridized carbons (Fsp3) is 0.0323. The van der Waals surface area contributed by atoms with Gasteiger partial charge in [0.25, 0.3) is 0 Å². The van der Waals surface area contributed by atoms with Gasteiger partial charge in [0.15, 0.2) is 8.15 Å². The van der Waals surface area contributed by atoms with Crippen LogP contribution in [-0.4, -0.2) is 0 Å². The third-order valence-corrected chi connectivity index (χ3v) is 7.59. The maximum Gasteiger partial charge on any atom is 0.150 e. The van der Waals surface area contributed by atoms with Gasteiger partial charge in [-0.05, 0) is 28.8 Å². The monoisotopic (exact) mass is 444 g/mol. The van der Waals surface area contributed by atoms with Crippen LogP contribution in [0.2, 0.25) is 0 Å². The van der Waals surface area contributed by atoms with Crippen LogP contribution in [0.25, 0.3) is 0 Å². The third kappa shape index (κ3) is 5.06. The average Bonchev–Trinajstić information content (AvgIpc) is 2.91. The summed E-state index contributed by atoms with van der Waals surface area (Å²) in [5.74, 6) is 1.07. The van der Waals surface area contributed by atoms with Gasteiger partial charge in [0.1, 0.15) is 5.75 Å². The summed E-state index contributed by atoms with van der Waals surface area (Å²) in [4.78, 5) is 0. The first-order valence-electron chi connectivity index (χ1n) is 11.2. The molecular weight excluding hydrogens is 419 g/mol. The van der Waals surface area contributed by atoms with Crippen LogP contribution in [0.1, 0.15) is 22.6 Å². The molecule has 0 aliphatic carbocycles. The normalized spacial score (nSPS) is 11.0. The zero-order valence-corrected chi connectivity index (χ0v) is 19.2. The molecule has 0 bridgehead atoms. The molecule has 0 saturated carbocycles. The van der Waals surface area contributed by atoms with Crippen molar-refractivity contribution in [1.82, 2.24) is 0 Å². The van der Waals surface area contributed by atoms with Crippen LogP contribution >= 0.6 is 8.15 Å². The lowest BCUT2D eigenvalue weighted by Crippen LogP contribution is -2.15. The SMILES string of the molecule is c1ccc(C(c2ccccc2)c2ccc(OP(c3ccccc3)c3ccccc3)cc2)cc1. The average molecular weight is 445 g/mol. The fourth-order valence-electron chi connectivity index (χ4n) is 4.08. The lowest BCUT2D eigenvalue weighted by Gasteiger charge is -2.21. The smallest absolute Gasteiger partial charge is 0.150 e. The minimum atomic E-state index is -0.940. The Hall–Kier alpha value is -3.67. The van der Waals surface area contributed by atoms with Crippen LogP contribution in [0.15, 0.2) is 146 Å². The summed E-state index contributed by atoms with van der Waals surface area (Å²) in [5.41, 5.74) is 3.82. The molecule has 2 heteroatoms. The van der Waals surface area contributed by atoms with Gasteiger partial charge in [0.05, 0.1) is 0 Å². The van der Waals surface area contributed by atoms with E-state index in [-0.39, 0.29) is 5.92 Å². The molecule has 0 atom stereocenters. The van der Waals surface area contributed by atoms with Gasteiger partial charge in [-0.3, -0.25) is 0 Å². The number of hydrogen-bond acceptors (Lipinski definition) is 1. The van der Waals surface area contributed by atoms with Crippen LogP contribution in [0, 0.1) is 0 Å². The zero-order chi connectivity index (χ0) is 22.3. The lowest BCUT2D eigenvalue weighted by atomic mass is 9.85. The van der Waals surface area contributed by atoms with Crippen LogP contribution in [0.3, 0.4) is 0 Å². The van der Waals surface area contributed by atoms with Crippen molar-refractivity contribution in [2.45, 2.75) is 5.92 Å². The Balaban J connectivity index is 1.46. The highest BCUT2D eigenvalue weighted by Crippen LogP contribution is 2.38. The zero-order valence-electron chi connectivity index (χ0n) is 18.3. The molecule has 5 aromatic carbocycles. The van der Waals surface area contributed by atoms with E-state index in [9.17, 15) is 0 Å². The molecule has 33 heavy (non-hydrogen) atoms. The Bertz CT molecular complexity index is 1180. The van der Waals surface area contributed by atoms with E-state index in [1.54, 1.807) is 0 Å². The Kier molecular flexibility index (Phi) is 6.61. The summed E-state index contributed by atoms with van der Waals surface area (Å²) in [6.07, 6.45) is 0. The van der Waals surface area contributed by atoms with Crippen LogP contribution in [-0.2, 0) is 0 Å². The van der Waals surface area contributed by atoms with Gasteiger partial charge in [-0.2, -0.15) is 0 Å². The van der Waals surface area contributed by atoms with Gasteiger partial charge in [-0.25, -0.2) is 0 Å². The first kappa shape index (κ1) is 21.2. The second-order valence-corrected chi connectivity index (χ2v) is 9.68. The summed E-state index contributed by atoms with van der Waals surface area (Å²) in [5, 5.41) is 2.41. The minimum absolute atomic E-state index is 0.186. The van der Waals surface area contributed by atoms with Crippen LogP contribution in [0.4, 0.5) is 0 Å². The molecule has 0 fully saturated rings. The summed E-state index contributed by atoms with van der Waals surface area (Å²) >= 11 is 0. The van der Waals surface area contributed by atoms with Gasteiger partial charge in [-0.15, -0.1) is 0 Å². The van der Waals surface area contributed by atoms with Crippen molar-refractivity contribution in [3.8, 4) is 5.75 Å². The number of benzene rings is 5. The maximum atomic E-state index is 6.60. The van der Waals surface area contributed by atoms with E-state index < -0.39 is 8.15 Å². The highest BCUT2D eigenvalue weighted by Gasteiger charge is 2.19. The Labute approximate surface area is 197 Å². The van der Waals surface area contributed by atoms with Gasteiger partial charge in [-0.1, -0.05) is 133 Å². The molecule has 0 aromatic heterocycles. The largest absolute Gasteiger partial charge is 0.464 e. The van der Waals surface area contributed by atoms with Crippen LogP contribution in [0.5, 0.6) is 5.75 Å². The van der Waals surface area contributed by atoms with Crippen molar-refractivity contribution in [3.05, 3.63) is 162 Å². The van der Waals surface area contributed by atoms with E-state index in [2.05, 4.69) is 133 Å². The molecule has 0 aliphatic heterocycles. The van der Waals surface area contributed by atoms with Gasteiger partial charge in [0, 0.05) is 16.5 Å². The topological polar surface area (TPSA) is 9.23 Å². The van der Waals surface area contributed by atoms with E-state index in [4.69, 9.17) is 4.52 Å². The van der Waals surface area contributed by atoms with Crippen LogP contribution < -0.4 is 15.1 Å². The predicted molar refractivity (Wildman–Crippen MR) is 140 cm³/mol. The summed E-state index contributed by atoms with van der Waals surface area (Å²) < 4.78 is 6.60. The molecule has 0 saturated heterocycles. The molecule has 0 amide bonds. The molecule has 1 nitrogen and oxygen atoms in total. The third-order valence-electron chi connectivity index (χ3n) is 5.66. The molecular formula is C31H25OP. The van der Waals surface area contributed by atoms with Crippen molar-refractivity contribution >= 4 is 18.8 Å². The predicted octanol–water partition coefficient (Wildman–Crippen LogP) is 7.29. The molecule has 0 aliphatic rings. The van der Waals surface area contributed by atoms with E-state index in [1.807, 2.05) is 12.1 Å². The van der Waals surface area contributed by atoms with Gasteiger partial charge >= 0.3 is 0 Å². The fourth-order valence-corrected chi connectivity index (χ4v) is 5.80. The van der Waals surface area contributed by atoms with E-state index in [1.165, 1.54) is 27.3 Å². The first-order valence-corrected chi connectivity index (χ1v) is 12.4. The molecule has 160 valence electrons. The van der Waals surface area contributed by atoms with E-state index in [0.717, 1.165) is 5.75 Å². The van der Waals surface area contributed by atoms with Gasteiger partial charge in [0.2, 0.25) is 0 Å². The molecule has 0 radical (unpaired) electrons. The highest BCUT2D eigenvalue weighted by molar-refractivity contribution is 7.68. The summed E-state index contributed by atoms with van der Waals surface area (Å²) in [7, 11) is -0.940. The quantitative estimate of drug-likeness (QED) is 0.189. The molecule has 0 heterocycles. The number of hydrogen-bond donors (Lipinski definition) is 0. The molecule has 5 aromatic rings.